The van der Waals surface area contributed by atoms with Gasteiger partial charge >= 0.3 is 0 Å². The van der Waals surface area contributed by atoms with E-state index in [1.54, 1.807) is 11.3 Å². The summed E-state index contributed by atoms with van der Waals surface area (Å²) in [5, 5.41) is 12.1. The minimum Gasteiger partial charge on any atom is -0.392 e. The first-order valence-electron chi connectivity index (χ1n) is 5.60. The molecule has 0 fully saturated rings. The standard InChI is InChI=1S/C14H15BrOS/c1-10-3-2-4-11(7-10)8-12(16)9-14-13(15)5-6-17-14/h2-7,12,16H,8-9H2,1H3. The molecule has 3 heteroatoms. The van der Waals surface area contributed by atoms with E-state index in [-0.39, 0.29) is 6.10 Å². The summed E-state index contributed by atoms with van der Waals surface area (Å²) in [6, 6.07) is 10.3. The van der Waals surface area contributed by atoms with Gasteiger partial charge in [0.1, 0.15) is 0 Å². The number of rotatable bonds is 4. The van der Waals surface area contributed by atoms with Crippen molar-refractivity contribution < 1.29 is 5.11 Å². The van der Waals surface area contributed by atoms with Crippen LogP contribution < -0.4 is 0 Å². The van der Waals surface area contributed by atoms with E-state index in [0.717, 1.165) is 4.47 Å². The molecule has 0 aliphatic rings. The van der Waals surface area contributed by atoms with E-state index in [2.05, 4.69) is 41.1 Å². The highest BCUT2D eigenvalue weighted by Crippen LogP contribution is 2.24. The maximum atomic E-state index is 10.1. The summed E-state index contributed by atoms with van der Waals surface area (Å²) >= 11 is 5.18. The van der Waals surface area contributed by atoms with E-state index in [4.69, 9.17) is 0 Å². The van der Waals surface area contributed by atoms with Crippen LogP contribution in [0.4, 0.5) is 0 Å². The van der Waals surface area contributed by atoms with Gasteiger partial charge in [-0.05, 0) is 46.3 Å². The van der Waals surface area contributed by atoms with E-state index >= 15 is 0 Å². The van der Waals surface area contributed by atoms with E-state index in [1.165, 1.54) is 16.0 Å². The van der Waals surface area contributed by atoms with E-state index in [9.17, 15) is 5.11 Å². The Morgan fingerprint density at radius 2 is 2.12 bits per heavy atom. The molecule has 0 saturated carbocycles. The lowest BCUT2D eigenvalue weighted by Gasteiger charge is -2.10. The molecule has 90 valence electrons. The average molecular weight is 311 g/mol. The molecular weight excluding hydrogens is 296 g/mol. The number of hydrogen-bond acceptors (Lipinski definition) is 2. The molecule has 2 aromatic rings. The molecule has 0 bridgehead atoms. The fraction of sp³-hybridized carbons (Fsp3) is 0.286. The van der Waals surface area contributed by atoms with Gasteiger partial charge in [-0.25, -0.2) is 0 Å². The number of aryl methyl sites for hydroxylation is 1. The molecule has 1 heterocycles. The van der Waals surface area contributed by atoms with Crippen LogP contribution >= 0.6 is 27.3 Å². The van der Waals surface area contributed by atoms with Crippen molar-refractivity contribution in [1.29, 1.82) is 0 Å². The van der Waals surface area contributed by atoms with Crippen molar-refractivity contribution in [3.05, 3.63) is 56.2 Å². The van der Waals surface area contributed by atoms with Gasteiger partial charge in [0.25, 0.3) is 0 Å². The Hall–Kier alpha value is -0.640. The number of hydrogen-bond donors (Lipinski definition) is 1. The van der Waals surface area contributed by atoms with Gasteiger partial charge in [0.15, 0.2) is 0 Å². The second-order valence-electron chi connectivity index (χ2n) is 4.24. The lowest BCUT2D eigenvalue weighted by Crippen LogP contribution is -2.13. The van der Waals surface area contributed by atoms with Gasteiger partial charge in [-0.15, -0.1) is 11.3 Å². The highest BCUT2D eigenvalue weighted by Gasteiger charge is 2.10. The van der Waals surface area contributed by atoms with Gasteiger partial charge in [0.05, 0.1) is 6.10 Å². The first kappa shape index (κ1) is 12.8. The number of aliphatic hydroxyl groups is 1. The Balaban J connectivity index is 1.98. The van der Waals surface area contributed by atoms with Crippen molar-refractivity contribution >= 4 is 27.3 Å². The second kappa shape index (κ2) is 5.80. The quantitative estimate of drug-likeness (QED) is 0.906. The summed E-state index contributed by atoms with van der Waals surface area (Å²) in [7, 11) is 0. The second-order valence-corrected chi connectivity index (χ2v) is 6.10. The van der Waals surface area contributed by atoms with Crippen molar-refractivity contribution in [2.24, 2.45) is 0 Å². The first-order valence-corrected chi connectivity index (χ1v) is 7.28. The molecule has 0 aliphatic heterocycles. The van der Waals surface area contributed by atoms with Crippen LogP contribution in [0.3, 0.4) is 0 Å². The minimum absolute atomic E-state index is 0.313. The molecule has 2 rings (SSSR count). The molecule has 0 spiro atoms. The lowest BCUT2D eigenvalue weighted by atomic mass is 10.0. The van der Waals surface area contributed by atoms with E-state index in [0.29, 0.717) is 12.8 Å². The molecule has 0 aliphatic carbocycles. The Morgan fingerprint density at radius 3 is 2.76 bits per heavy atom. The maximum Gasteiger partial charge on any atom is 0.0629 e. The predicted octanol–water partition coefficient (Wildman–Crippen LogP) is 3.97. The molecule has 1 nitrogen and oxygen atoms in total. The normalized spacial score (nSPS) is 12.6. The van der Waals surface area contributed by atoms with Gasteiger partial charge in [-0.3, -0.25) is 0 Å². The Morgan fingerprint density at radius 1 is 1.29 bits per heavy atom. The number of thiophene rings is 1. The van der Waals surface area contributed by atoms with Crippen LogP contribution in [0.5, 0.6) is 0 Å². The number of benzene rings is 1. The minimum atomic E-state index is -0.313. The van der Waals surface area contributed by atoms with Crippen LogP contribution in [0.2, 0.25) is 0 Å². The summed E-state index contributed by atoms with van der Waals surface area (Å²) in [5.74, 6) is 0. The average Bonchev–Trinajstić information content (AvgIpc) is 2.64. The topological polar surface area (TPSA) is 20.2 Å². The van der Waals surface area contributed by atoms with E-state index in [1.807, 2.05) is 17.5 Å². The van der Waals surface area contributed by atoms with Crippen LogP contribution in [0, 0.1) is 6.92 Å². The smallest absolute Gasteiger partial charge is 0.0629 e. The van der Waals surface area contributed by atoms with Crippen LogP contribution in [0.15, 0.2) is 40.2 Å². The molecule has 0 amide bonds. The molecule has 17 heavy (non-hydrogen) atoms. The molecule has 1 aromatic heterocycles. The zero-order chi connectivity index (χ0) is 12.3. The fourth-order valence-corrected chi connectivity index (χ4v) is 3.46. The third-order valence-electron chi connectivity index (χ3n) is 2.67. The Bertz CT molecular complexity index is 492. The van der Waals surface area contributed by atoms with Crippen LogP contribution in [-0.4, -0.2) is 11.2 Å². The van der Waals surface area contributed by atoms with Crippen LogP contribution in [0.1, 0.15) is 16.0 Å². The molecule has 1 aromatic carbocycles. The van der Waals surface area contributed by atoms with Crippen molar-refractivity contribution in [3.63, 3.8) is 0 Å². The highest BCUT2D eigenvalue weighted by atomic mass is 79.9. The maximum absolute atomic E-state index is 10.1. The molecule has 0 saturated heterocycles. The predicted molar refractivity (Wildman–Crippen MR) is 76.6 cm³/mol. The number of aliphatic hydroxyl groups excluding tert-OH is 1. The highest BCUT2D eigenvalue weighted by molar-refractivity contribution is 9.10. The largest absolute Gasteiger partial charge is 0.392 e. The molecule has 1 N–H and O–H groups in total. The summed E-state index contributed by atoms with van der Waals surface area (Å²) in [6.07, 6.45) is 1.12. The van der Waals surface area contributed by atoms with Crippen molar-refractivity contribution in [1.82, 2.24) is 0 Å². The van der Waals surface area contributed by atoms with Crippen LogP contribution in [-0.2, 0) is 12.8 Å². The zero-order valence-electron chi connectivity index (χ0n) is 9.69. The Kier molecular flexibility index (Phi) is 4.37. The van der Waals surface area contributed by atoms with Gasteiger partial charge in [-0.2, -0.15) is 0 Å². The fourth-order valence-electron chi connectivity index (χ4n) is 1.87. The lowest BCUT2D eigenvalue weighted by molar-refractivity contribution is 0.176. The molecule has 1 atom stereocenters. The van der Waals surface area contributed by atoms with Gasteiger partial charge < -0.3 is 5.11 Å². The van der Waals surface area contributed by atoms with Crippen molar-refractivity contribution in [2.75, 3.05) is 0 Å². The summed E-state index contributed by atoms with van der Waals surface area (Å²) < 4.78 is 1.10. The summed E-state index contributed by atoms with van der Waals surface area (Å²) in [4.78, 5) is 1.21. The molecular formula is C14H15BrOS. The first-order chi connectivity index (χ1) is 8.15. The summed E-state index contributed by atoms with van der Waals surface area (Å²) in [5.41, 5.74) is 2.44. The van der Waals surface area contributed by atoms with Gasteiger partial charge in [-0.1, -0.05) is 29.8 Å². The monoisotopic (exact) mass is 310 g/mol. The molecule has 0 radical (unpaired) electrons. The van der Waals surface area contributed by atoms with Gasteiger partial charge in [0, 0.05) is 15.8 Å². The SMILES string of the molecule is Cc1cccc(CC(O)Cc2sccc2Br)c1. The van der Waals surface area contributed by atoms with Crippen LogP contribution in [0.25, 0.3) is 0 Å². The van der Waals surface area contributed by atoms with Gasteiger partial charge in [0.2, 0.25) is 0 Å². The Labute approximate surface area is 114 Å². The van der Waals surface area contributed by atoms with Crippen molar-refractivity contribution in [2.45, 2.75) is 25.9 Å². The molecule has 1 unspecified atom stereocenters. The van der Waals surface area contributed by atoms with Crippen molar-refractivity contribution in [3.8, 4) is 0 Å². The third-order valence-corrected chi connectivity index (χ3v) is 4.61. The third kappa shape index (κ3) is 3.66. The van der Waals surface area contributed by atoms with E-state index < -0.39 is 0 Å². The summed E-state index contributed by atoms with van der Waals surface area (Å²) in [6.45, 7) is 2.08. The number of halogens is 1. The zero-order valence-corrected chi connectivity index (χ0v) is 12.1.